The average Bonchev–Trinajstić information content (AvgIpc) is 2.55. The van der Waals surface area contributed by atoms with Crippen LogP contribution in [-0.2, 0) is 15.6 Å². The first-order chi connectivity index (χ1) is 12.7. The molecule has 0 heterocycles. The molecule has 0 aliphatic heterocycles. The molecule has 28 heavy (non-hydrogen) atoms. The summed E-state index contributed by atoms with van der Waals surface area (Å²) in [7, 11) is 0. The number of phenols is 2. The van der Waals surface area contributed by atoms with Crippen LogP contribution in [0.25, 0.3) is 0 Å². The Hall–Kier alpha value is -2.29. The normalized spacial score (nSPS) is 11.6. The molecule has 0 aliphatic rings. The van der Waals surface area contributed by atoms with Gasteiger partial charge in [0, 0.05) is 0 Å². The minimum atomic E-state index is 0.159. The Balaban J connectivity index is 0.000000497. The molecule has 0 saturated carbocycles. The lowest BCUT2D eigenvalue weighted by atomic mass is 9.72. The molecular weight excluding hydrogens is 348 g/mol. The molecule has 0 bridgehead atoms. The molecular formula is C25H38O3. The van der Waals surface area contributed by atoms with Gasteiger partial charge in [-0.3, -0.25) is 0 Å². The van der Waals surface area contributed by atoms with Gasteiger partial charge in [-0.1, -0.05) is 79.7 Å². The van der Waals surface area contributed by atoms with Crippen molar-refractivity contribution in [1.29, 1.82) is 0 Å². The number of carbonyl (C=O) groups is 1. The van der Waals surface area contributed by atoms with Crippen LogP contribution in [0.5, 0.6) is 11.5 Å². The van der Waals surface area contributed by atoms with Crippen molar-refractivity contribution in [3.63, 3.8) is 0 Å². The van der Waals surface area contributed by atoms with Gasteiger partial charge in [-0.05, 0) is 58.1 Å². The van der Waals surface area contributed by atoms with E-state index in [-0.39, 0.29) is 10.8 Å². The van der Waals surface area contributed by atoms with Crippen LogP contribution in [0.1, 0.15) is 72.9 Å². The van der Waals surface area contributed by atoms with Crippen LogP contribution in [0.15, 0.2) is 48.5 Å². The summed E-state index contributed by atoms with van der Waals surface area (Å²) in [5.74, 6) is 0.670. The number of rotatable bonds is 2. The predicted octanol–water partition coefficient (Wildman–Crippen LogP) is 6.61. The second-order valence-electron chi connectivity index (χ2n) is 9.97. The van der Waals surface area contributed by atoms with Crippen LogP contribution < -0.4 is 0 Å². The van der Waals surface area contributed by atoms with Gasteiger partial charge in [0.1, 0.15) is 18.3 Å². The molecule has 0 saturated heterocycles. The van der Waals surface area contributed by atoms with Crippen LogP contribution >= 0.6 is 0 Å². The van der Waals surface area contributed by atoms with Crippen molar-refractivity contribution in [2.45, 2.75) is 72.6 Å². The van der Waals surface area contributed by atoms with Gasteiger partial charge in [0.2, 0.25) is 0 Å². The van der Waals surface area contributed by atoms with E-state index in [1.807, 2.05) is 31.1 Å². The second-order valence-corrected chi connectivity index (χ2v) is 9.97. The summed E-state index contributed by atoms with van der Waals surface area (Å²) >= 11 is 0. The van der Waals surface area contributed by atoms with Crippen LogP contribution in [0.3, 0.4) is 0 Å². The Morgan fingerprint density at radius 3 is 1.25 bits per heavy atom. The van der Waals surface area contributed by atoms with Crippen molar-refractivity contribution in [1.82, 2.24) is 0 Å². The van der Waals surface area contributed by atoms with Gasteiger partial charge >= 0.3 is 0 Å². The van der Waals surface area contributed by atoms with Crippen molar-refractivity contribution in [3.8, 4) is 11.5 Å². The molecule has 3 nitrogen and oxygen atoms in total. The third kappa shape index (κ3) is 9.59. The fourth-order valence-electron chi connectivity index (χ4n) is 3.30. The summed E-state index contributed by atoms with van der Waals surface area (Å²) in [5.41, 5.74) is 3.19. The number of hydrogen-bond acceptors (Lipinski definition) is 3. The quantitative estimate of drug-likeness (QED) is 0.610. The lowest BCUT2D eigenvalue weighted by molar-refractivity contribution is -0.0980. The predicted molar refractivity (Wildman–Crippen MR) is 119 cm³/mol. The number of hydrogen-bond donors (Lipinski definition) is 2. The van der Waals surface area contributed by atoms with Gasteiger partial charge in [0.15, 0.2) is 0 Å². The summed E-state index contributed by atoms with van der Waals surface area (Å²) in [4.78, 5) is 8.00. The van der Waals surface area contributed by atoms with E-state index in [0.717, 1.165) is 6.42 Å². The van der Waals surface area contributed by atoms with E-state index in [2.05, 4.69) is 55.4 Å². The number of aromatic hydroxyl groups is 2. The van der Waals surface area contributed by atoms with Gasteiger partial charge < -0.3 is 15.0 Å². The van der Waals surface area contributed by atoms with Gasteiger partial charge in [0.05, 0.1) is 0 Å². The molecule has 2 aromatic carbocycles. The number of benzene rings is 2. The standard InChI is InChI=1S/C14H22O.C10H14O.CH2O/c1-13(2,3)10-14(4,5)11-6-8-12(15)9-7-11;1-10(2,3)8-4-6-9(11)7-5-8;1-2/h6-9,15H,10H2,1-5H3;4-7,11H,1-3H3;1H2. The van der Waals surface area contributed by atoms with E-state index in [1.165, 1.54) is 11.1 Å². The maximum atomic E-state index is 9.25. The molecule has 0 fully saturated rings. The molecule has 2 rings (SSSR count). The third-order valence-corrected chi connectivity index (χ3v) is 4.35. The van der Waals surface area contributed by atoms with E-state index in [0.29, 0.717) is 16.9 Å². The lowest BCUT2D eigenvalue weighted by Crippen LogP contribution is -2.24. The highest BCUT2D eigenvalue weighted by molar-refractivity contribution is 5.31. The first-order valence-corrected chi connectivity index (χ1v) is 9.59. The third-order valence-electron chi connectivity index (χ3n) is 4.35. The van der Waals surface area contributed by atoms with Crippen molar-refractivity contribution in [3.05, 3.63) is 59.7 Å². The zero-order valence-electron chi connectivity index (χ0n) is 18.8. The van der Waals surface area contributed by atoms with Crippen molar-refractivity contribution in [2.24, 2.45) is 5.41 Å². The minimum absolute atomic E-state index is 0.159. The first-order valence-electron chi connectivity index (χ1n) is 9.59. The van der Waals surface area contributed by atoms with E-state index < -0.39 is 0 Å². The van der Waals surface area contributed by atoms with Crippen LogP contribution in [0.4, 0.5) is 0 Å². The van der Waals surface area contributed by atoms with Crippen molar-refractivity contribution < 1.29 is 15.0 Å². The van der Waals surface area contributed by atoms with Crippen LogP contribution in [0, 0.1) is 5.41 Å². The average molecular weight is 387 g/mol. The van der Waals surface area contributed by atoms with Gasteiger partial charge in [0.25, 0.3) is 0 Å². The molecule has 0 aliphatic carbocycles. The topological polar surface area (TPSA) is 57.5 Å². The molecule has 156 valence electrons. The molecule has 0 aromatic heterocycles. The molecule has 0 amide bonds. The first kappa shape index (κ1) is 25.7. The summed E-state index contributed by atoms with van der Waals surface area (Å²) in [6.45, 7) is 19.7. The van der Waals surface area contributed by atoms with Crippen molar-refractivity contribution >= 4 is 6.79 Å². The zero-order valence-corrected chi connectivity index (χ0v) is 18.8. The lowest BCUT2D eigenvalue weighted by Gasteiger charge is -2.33. The minimum Gasteiger partial charge on any atom is -0.508 e. The van der Waals surface area contributed by atoms with Crippen LogP contribution in [-0.4, -0.2) is 17.0 Å². The Morgan fingerprint density at radius 1 is 0.643 bits per heavy atom. The van der Waals surface area contributed by atoms with Gasteiger partial charge in [-0.2, -0.15) is 0 Å². The summed E-state index contributed by atoms with van der Waals surface area (Å²) in [5, 5.41) is 18.3. The molecule has 0 atom stereocenters. The fraction of sp³-hybridized carbons (Fsp3) is 0.480. The highest BCUT2D eigenvalue weighted by atomic mass is 16.3. The molecule has 0 unspecified atom stereocenters. The van der Waals surface area contributed by atoms with Gasteiger partial charge in [-0.15, -0.1) is 0 Å². The van der Waals surface area contributed by atoms with E-state index >= 15 is 0 Å². The van der Waals surface area contributed by atoms with Gasteiger partial charge in [-0.25, -0.2) is 0 Å². The highest BCUT2D eigenvalue weighted by Crippen LogP contribution is 2.36. The van der Waals surface area contributed by atoms with E-state index in [9.17, 15) is 5.11 Å². The monoisotopic (exact) mass is 386 g/mol. The fourth-order valence-corrected chi connectivity index (χ4v) is 3.30. The zero-order chi connectivity index (χ0) is 22.2. The Labute approximate surface area is 171 Å². The molecule has 0 radical (unpaired) electrons. The smallest absolute Gasteiger partial charge is 0.115 e. The van der Waals surface area contributed by atoms with E-state index in [1.54, 1.807) is 24.3 Å². The Kier molecular flexibility index (Phi) is 9.46. The van der Waals surface area contributed by atoms with Crippen molar-refractivity contribution in [2.75, 3.05) is 0 Å². The summed E-state index contributed by atoms with van der Waals surface area (Å²) in [6.07, 6.45) is 1.13. The number of phenolic OH excluding ortho intramolecular Hbond substituents is 2. The molecule has 2 N–H and O–H groups in total. The summed E-state index contributed by atoms with van der Waals surface area (Å²) in [6, 6.07) is 14.9. The summed E-state index contributed by atoms with van der Waals surface area (Å²) < 4.78 is 0. The largest absolute Gasteiger partial charge is 0.508 e. The maximum Gasteiger partial charge on any atom is 0.115 e. The Bertz CT molecular complexity index is 685. The maximum absolute atomic E-state index is 9.25. The number of carbonyl (C=O) groups excluding carboxylic acids is 1. The Morgan fingerprint density at radius 2 is 0.964 bits per heavy atom. The molecule has 2 aromatic rings. The highest BCUT2D eigenvalue weighted by Gasteiger charge is 2.26. The van der Waals surface area contributed by atoms with E-state index in [4.69, 9.17) is 9.90 Å². The SMILES string of the molecule is C=O.CC(C)(C)CC(C)(C)c1ccc(O)cc1.CC(C)(C)c1ccc(O)cc1. The second kappa shape index (κ2) is 10.3. The molecule has 3 heteroatoms. The van der Waals surface area contributed by atoms with Crippen LogP contribution in [0.2, 0.25) is 0 Å². The molecule has 0 spiro atoms.